The van der Waals surface area contributed by atoms with Crippen LogP contribution in [0.1, 0.15) is 19.4 Å². The summed E-state index contributed by atoms with van der Waals surface area (Å²) in [5.74, 6) is 1.66. The molecule has 102 valence electrons. The molecule has 0 amide bonds. The number of para-hydroxylation sites is 1. The lowest BCUT2D eigenvalue weighted by molar-refractivity contribution is 0.288. The number of hydrogen-bond acceptors (Lipinski definition) is 3. The number of fused-ring (bicyclic) bond motifs is 1. The highest BCUT2D eigenvalue weighted by atomic mass is 15.1. The maximum Gasteiger partial charge on any atom is 0.130 e. The lowest BCUT2D eigenvalue weighted by atomic mass is 10.1. The van der Waals surface area contributed by atoms with Gasteiger partial charge in [-0.05, 0) is 25.1 Å². The van der Waals surface area contributed by atoms with Crippen LogP contribution in [0.3, 0.4) is 0 Å². The SMILES string of the molecule is CNc1nc2ccccc2cc1CN(C)CC(C)C. The molecule has 1 N–H and O–H groups in total. The molecular weight excluding hydrogens is 234 g/mol. The summed E-state index contributed by atoms with van der Waals surface area (Å²) in [6.07, 6.45) is 0. The van der Waals surface area contributed by atoms with Crippen LogP contribution in [0, 0.1) is 5.92 Å². The second-order valence-electron chi connectivity index (χ2n) is 5.53. The Morgan fingerprint density at radius 1 is 1.26 bits per heavy atom. The average molecular weight is 257 g/mol. The fraction of sp³-hybridized carbons (Fsp3) is 0.438. The van der Waals surface area contributed by atoms with Gasteiger partial charge in [0.25, 0.3) is 0 Å². The van der Waals surface area contributed by atoms with Crippen LogP contribution in [0.25, 0.3) is 10.9 Å². The van der Waals surface area contributed by atoms with Gasteiger partial charge in [-0.15, -0.1) is 0 Å². The number of nitrogens with one attached hydrogen (secondary N) is 1. The molecule has 0 unspecified atom stereocenters. The van der Waals surface area contributed by atoms with Crippen LogP contribution in [-0.4, -0.2) is 30.5 Å². The van der Waals surface area contributed by atoms with Crippen molar-refractivity contribution in [2.24, 2.45) is 5.92 Å². The first kappa shape index (κ1) is 13.8. The Hall–Kier alpha value is -1.61. The molecule has 2 aromatic rings. The zero-order valence-corrected chi connectivity index (χ0v) is 12.3. The Bertz CT molecular complexity index is 549. The molecule has 0 aliphatic rings. The lowest BCUT2D eigenvalue weighted by Crippen LogP contribution is -2.23. The fourth-order valence-electron chi connectivity index (χ4n) is 2.48. The maximum atomic E-state index is 4.69. The summed E-state index contributed by atoms with van der Waals surface area (Å²) in [5.41, 5.74) is 2.30. The molecule has 3 heteroatoms. The van der Waals surface area contributed by atoms with E-state index in [4.69, 9.17) is 0 Å². The zero-order valence-electron chi connectivity index (χ0n) is 12.3. The molecule has 19 heavy (non-hydrogen) atoms. The summed E-state index contributed by atoms with van der Waals surface area (Å²) in [4.78, 5) is 7.03. The zero-order chi connectivity index (χ0) is 13.8. The highest BCUT2D eigenvalue weighted by Crippen LogP contribution is 2.21. The molecule has 0 aliphatic carbocycles. The van der Waals surface area contributed by atoms with Crippen LogP contribution in [0.4, 0.5) is 5.82 Å². The van der Waals surface area contributed by atoms with E-state index in [0.29, 0.717) is 5.92 Å². The van der Waals surface area contributed by atoms with Gasteiger partial charge in [0.2, 0.25) is 0 Å². The second kappa shape index (κ2) is 6.02. The van der Waals surface area contributed by atoms with E-state index in [-0.39, 0.29) is 0 Å². The van der Waals surface area contributed by atoms with E-state index in [2.05, 4.69) is 60.4 Å². The standard InChI is InChI=1S/C16H23N3/c1-12(2)10-19(4)11-14-9-13-7-5-6-8-15(13)18-16(14)17-3/h5-9,12H,10-11H2,1-4H3,(H,17,18). The van der Waals surface area contributed by atoms with E-state index in [1.165, 1.54) is 10.9 Å². The summed E-state index contributed by atoms with van der Waals surface area (Å²) in [7, 11) is 4.09. The van der Waals surface area contributed by atoms with Crippen molar-refractivity contribution in [1.82, 2.24) is 9.88 Å². The smallest absolute Gasteiger partial charge is 0.130 e. The third-order valence-corrected chi connectivity index (χ3v) is 3.16. The minimum absolute atomic E-state index is 0.677. The van der Waals surface area contributed by atoms with E-state index >= 15 is 0 Å². The summed E-state index contributed by atoms with van der Waals surface area (Å²) < 4.78 is 0. The minimum atomic E-state index is 0.677. The van der Waals surface area contributed by atoms with Gasteiger partial charge < -0.3 is 10.2 Å². The highest BCUT2D eigenvalue weighted by molar-refractivity contribution is 5.81. The van der Waals surface area contributed by atoms with Crippen molar-refractivity contribution in [1.29, 1.82) is 0 Å². The normalized spacial score (nSPS) is 11.5. The first-order chi connectivity index (χ1) is 9.10. The second-order valence-corrected chi connectivity index (χ2v) is 5.53. The van der Waals surface area contributed by atoms with Crippen molar-refractivity contribution >= 4 is 16.7 Å². The highest BCUT2D eigenvalue weighted by Gasteiger charge is 2.09. The molecule has 1 aromatic heterocycles. The molecule has 3 nitrogen and oxygen atoms in total. The monoisotopic (exact) mass is 257 g/mol. The maximum absolute atomic E-state index is 4.69. The summed E-state index contributed by atoms with van der Waals surface area (Å²) in [5, 5.41) is 4.41. The van der Waals surface area contributed by atoms with Crippen LogP contribution >= 0.6 is 0 Å². The van der Waals surface area contributed by atoms with Crippen molar-refractivity contribution in [3.8, 4) is 0 Å². The third-order valence-electron chi connectivity index (χ3n) is 3.16. The van der Waals surface area contributed by atoms with Gasteiger partial charge in [-0.25, -0.2) is 4.98 Å². The van der Waals surface area contributed by atoms with Gasteiger partial charge in [0.15, 0.2) is 0 Å². The van der Waals surface area contributed by atoms with Gasteiger partial charge in [0.05, 0.1) is 5.52 Å². The molecule has 1 aromatic carbocycles. The van der Waals surface area contributed by atoms with E-state index in [9.17, 15) is 0 Å². The van der Waals surface area contributed by atoms with E-state index in [1.807, 2.05) is 13.1 Å². The molecule has 0 atom stereocenters. The van der Waals surface area contributed by atoms with E-state index in [1.54, 1.807) is 0 Å². The molecule has 0 saturated carbocycles. The van der Waals surface area contributed by atoms with Crippen molar-refractivity contribution in [2.45, 2.75) is 20.4 Å². The van der Waals surface area contributed by atoms with E-state index < -0.39 is 0 Å². The number of benzene rings is 1. The molecule has 0 spiro atoms. The van der Waals surface area contributed by atoms with Crippen LogP contribution in [0.5, 0.6) is 0 Å². The van der Waals surface area contributed by atoms with Crippen LogP contribution < -0.4 is 5.32 Å². The average Bonchev–Trinajstić information content (AvgIpc) is 2.36. The Morgan fingerprint density at radius 2 is 2.00 bits per heavy atom. The van der Waals surface area contributed by atoms with Crippen molar-refractivity contribution in [3.63, 3.8) is 0 Å². The summed E-state index contributed by atoms with van der Waals surface area (Å²) in [6.45, 7) is 6.50. The Balaban J connectivity index is 2.30. The minimum Gasteiger partial charge on any atom is -0.373 e. The summed E-state index contributed by atoms with van der Waals surface area (Å²) >= 11 is 0. The van der Waals surface area contributed by atoms with Crippen molar-refractivity contribution in [3.05, 3.63) is 35.9 Å². The first-order valence-electron chi connectivity index (χ1n) is 6.85. The fourth-order valence-corrected chi connectivity index (χ4v) is 2.48. The molecule has 2 rings (SSSR count). The van der Waals surface area contributed by atoms with Gasteiger partial charge in [0.1, 0.15) is 5.82 Å². The molecule has 0 aliphatic heterocycles. The van der Waals surface area contributed by atoms with Crippen molar-refractivity contribution in [2.75, 3.05) is 26.0 Å². The molecule has 0 saturated heterocycles. The topological polar surface area (TPSA) is 28.2 Å². The Kier molecular flexibility index (Phi) is 4.38. The Morgan fingerprint density at radius 3 is 2.68 bits per heavy atom. The molecule has 1 heterocycles. The largest absolute Gasteiger partial charge is 0.373 e. The van der Waals surface area contributed by atoms with Gasteiger partial charge in [-0.3, -0.25) is 0 Å². The molecule has 0 fully saturated rings. The quantitative estimate of drug-likeness (QED) is 0.890. The van der Waals surface area contributed by atoms with E-state index in [0.717, 1.165) is 24.4 Å². The van der Waals surface area contributed by atoms with Crippen molar-refractivity contribution < 1.29 is 0 Å². The van der Waals surface area contributed by atoms with Crippen LogP contribution in [-0.2, 0) is 6.54 Å². The number of pyridine rings is 1. The van der Waals surface area contributed by atoms with Gasteiger partial charge in [-0.1, -0.05) is 32.0 Å². The predicted molar refractivity (Wildman–Crippen MR) is 82.5 cm³/mol. The number of nitrogens with zero attached hydrogens (tertiary/aromatic N) is 2. The van der Waals surface area contributed by atoms with Gasteiger partial charge >= 0.3 is 0 Å². The van der Waals surface area contributed by atoms with Gasteiger partial charge in [0, 0.05) is 31.1 Å². The first-order valence-corrected chi connectivity index (χ1v) is 6.85. The lowest BCUT2D eigenvalue weighted by Gasteiger charge is -2.20. The predicted octanol–water partition coefficient (Wildman–Crippen LogP) is 3.36. The summed E-state index contributed by atoms with van der Waals surface area (Å²) in [6, 6.07) is 10.5. The molecule has 0 radical (unpaired) electrons. The molecular formula is C16H23N3. The van der Waals surface area contributed by atoms with Crippen LogP contribution in [0.15, 0.2) is 30.3 Å². The third kappa shape index (κ3) is 3.44. The number of rotatable bonds is 5. The number of anilines is 1. The molecule has 0 bridgehead atoms. The number of aromatic nitrogens is 1. The number of hydrogen-bond donors (Lipinski definition) is 1. The van der Waals surface area contributed by atoms with Gasteiger partial charge in [-0.2, -0.15) is 0 Å². The Labute approximate surface area is 115 Å². The van der Waals surface area contributed by atoms with Crippen LogP contribution in [0.2, 0.25) is 0 Å².